The van der Waals surface area contributed by atoms with Crippen molar-refractivity contribution in [2.45, 2.75) is 62.4 Å². The van der Waals surface area contributed by atoms with Gasteiger partial charge in [-0.2, -0.15) is 10.4 Å². The molecule has 0 radical (unpaired) electrons. The van der Waals surface area contributed by atoms with Crippen LogP contribution in [0.3, 0.4) is 0 Å². The first-order valence-corrected chi connectivity index (χ1v) is 11.9. The fraction of sp³-hybridized carbons (Fsp3) is 0.520. The Balaban J connectivity index is 1.28. The highest BCUT2D eigenvalue weighted by molar-refractivity contribution is 6.02. The van der Waals surface area contributed by atoms with Gasteiger partial charge in [0.15, 0.2) is 5.82 Å². The van der Waals surface area contributed by atoms with Crippen molar-refractivity contribution in [2.75, 3.05) is 18.4 Å². The Kier molecular flexibility index (Phi) is 5.67. The lowest BCUT2D eigenvalue weighted by atomic mass is 9.75. The quantitative estimate of drug-likeness (QED) is 0.678. The zero-order chi connectivity index (χ0) is 23.0. The van der Waals surface area contributed by atoms with Gasteiger partial charge in [-0.1, -0.05) is 30.3 Å². The normalized spacial score (nSPS) is 25.7. The average molecular weight is 447 g/mol. The molecule has 8 heteroatoms. The van der Waals surface area contributed by atoms with Gasteiger partial charge < -0.3 is 11.1 Å². The van der Waals surface area contributed by atoms with Gasteiger partial charge >= 0.3 is 0 Å². The van der Waals surface area contributed by atoms with Crippen LogP contribution in [0.25, 0.3) is 0 Å². The summed E-state index contributed by atoms with van der Waals surface area (Å²) in [6, 6.07) is 13.5. The molecule has 3 N–H and O–H groups in total. The number of anilines is 1. The molecule has 1 aliphatic heterocycles. The zero-order valence-electron chi connectivity index (χ0n) is 18.7. The maximum atomic E-state index is 12.3. The Bertz CT molecular complexity index is 1070. The van der Waals surface area contributed by atoms with Crippen LogP contribution in [0, 0.1) is 17.2 Å². The van der Waals surface area contributed by atoms with Gasteiger partial charge in [-0.15, -0.1) is 0 Å². The molecule has 1 saturated heterocycles. The topological polar surface area (TPSA) is 117 Å². The van der Waals surface area contributed by atoms with E-state index in [1.807, 2.05) is 0 Å². The molecular formula is C25H30N6O2. The highest BCUT2D eigenvalue weighted by Crippen LogP contribution is 2.42. The monoisotopic (exact) mass is 446 g/mol. The third kappa shape index (κ3) is 4.25. The SMILES string of the molecule is N#CC[C@]1(n2cc(C(N)=O)c(NC(=O)C3CC3)n2)CC[C@H](N2CC(c3ccccc3)C2)CC1. The number of rotatable bonds is 7. The largest absolute Gasteiger partial charge is 0.365 e. The van der Waals surface area contributed by atoms with Gasteiger partial charge in [0.2, 0.25) is 5.91 Å². The maximum absolute atomic E-state index is 12.3. The molecule has 2 saturated carbocycles. The van der Waals surface area contributed by atoms with E-state index < -0.39 is 11.4 Å². The van der Waals surface area contributed by atoms with Gasteiger partial charge in [-0.3, -0.25) is 19.2 Å². The number of nitrogens with one attached hydrogen (secondary N) is 1. The van der Waals surface area contributed by atoms with E-state index in [9.17, 15) is 14.9 Å². The number of nitriles is 1. The predicted octanol–water partition coefficient (Wildman–Crippen LogP) is 2.98. The zero-order valence-corrected chi connectivity index (χ0v) is 18.7. The van der Waals surface area contributed by atoms with Crippen LogP contribution in [0.5, 0.6) is 0 Å². The number of benzene rings is 1. The number of aromatic nitrogens is 2. The number of hydrogen-bond acceptors (Lipinski definition) is 5. The predicted molar refractivity (Wildman–Crippen MR) is 123 cm³/mol. The van der Waals surface area contributed by atoms with E-state index in [0.717, 1.165) is 51.6 Å². The van der Waals surface area contributed by atoms with E-state index in [1.54, 1.807) is 10.9 Å². The lowest BCUT2D eigenvalue weighted by molar-refractivity contribution is -0.117. The van der Waals surface area contributed by atoms with Crippen molar-refractivity contribution in [3.05, 3.63) is 47.7 Å². The van der Waals surface area contributed by atoms with Gasteiger partial charge in [0, 0.05) is 37.2 Å². The molecule has 2 amide bonds. The molecular weight excluding hydrogens is 416 g/mol. The van der Waals surface area contributed by atoms with E-state index in [2.05, 4.69) is 51.7 Å². The lowest BCUT2D eigenvalue weighted by Gasteiger charge is -2.49. The second-order valence-corrected chi connectivity index (χ2v) is 9.82. The average Bonchev–Trinajstić information content (AvgIpc) is 3.55. The maximum Gasteiger partial charge on any atom is 0.254 e. The highest BCUT2D eigenvalue weighted by Gasteiger charge is 2.43. The van der Waals surface area contributed by atoms with Crippen molar-refractivity contribution in [1.29, 1.82) is 5.26 Å². The summed E-state index contributed by atoms with van der Waals surface area (Å²) in [6.07, 6.45) is 7.19. The highest BCUT2D eigenvalue weighted by atomic mass is 16.2. The van der Waals surface area contributed by atoms with Gasteiger partial charge in [-0.25, -0.2) is 0 Å². The molecule has 0 atom stereocenters. The second-order valence-electron chi connectivity index (χ2n) is 9.82. The Morgan fingerprint density at radius 2 is 1.85 bits per heavy atom. The number of nitrogens with zero attached hydrogens (tertiary/aromatic N) is 4. The number of carbonyl (C=O) groups is 2. The van der Waals surface area contributed by atoms with Crippen LogP contribution in [0.4, 0.5) is 5.82 Å². The number of primary amides is 1. The van der Waals surface area contributed by atoms with Crippen molar-refractivity contribution in [3.63, 3.8) is 0 Å². The summed E-state index contributed by atoms with van der Waals surface area (Å²) in [5.41, 5.74) is 6.70. The Labute approximate surface area is 193 Å². The second kappa shape index (κ2) is 8.64. The molecule has 1 aromatic heterocycles. The molecule has 8 nitrogen and oxygen atoms in total. The van der Waals surface area contributed by atoms with Crippen molar-refractivity contribution < 1.29 is 9.59 Å². The van der Waals surface area contributed by atoms with Crippen LogP contribution in [0.1, 0.15) is 66.8 Å². The van der Waals surface area contributed by atoms with Crippen LogP contribution in [0.2, 0.25) is 0 Å². The van der Waals surface area contributed by atoms with Crippen LogP contribution < -0.4 is 11.1 Å². The lowest BCUT2D eigenvalue weighted by Crippen LogP contribution is -2.53. The van der Waals surface area contributed by atoms with Crippen LogP contribution in [0.15, 0.2) is 36.5 Å². The van der Waals surface area contributed by atoms with E-state index in [1.165, 1.54) is 5.56 Å². The number of likely N-dealkylation sites (tertiary alicyclic amines) is 1. The first kappa shape index (κ1) is 21.7. The molecule has 0 unspecified atom stereocenters. The fourth-order valence-corrected chi connectivity index (χ4v) is 5.34. The number of amides is 2. The summed E-state index contributed by atoms with van der Waals surface area (Å²) in [6.45, 7) is 2.15. The van der Waals surface area contributed by atoms with Crippen molar-refractivity contribution in [1.82, 2.24) is 14.7 Å². The molecule has 0 spiro atoms. The van der Waals surface area contributed by atoms with Crippen molar-refractivity contribution >= 4 is 17.6 Å². The van der Waals surface area contributed by atoms with Crippen LogP contribution >= 0.6 is 0 Å². The van der Waals surface area contributed by atoms with Gasteiger partial charge in [0.1, 0.15) is 5.56 Å². The number of carbonyl (C=O) groups excluding carboxylic acids is 2. The Hall–Kier alpha value is -3.18. The molecule has 33 heavy (non-hydrogen) atoms. The first-order chi connectivity index (χ1) is 16.0. The smallest absolute Gasteiger partial charge is 0.254 e. The summed E-state index contributed by atoms with van der Waals surface area (Å²) in [7, 11) is 0. The van der Waals surface area contributed by atoms with E-state index >= 15 is 0 Å². The Morgan fingerprint density at radius 3 is 2.45 bits per heavy atom. The number of hydrogen-bond donors (Lipinski definition) is 2. The summed E-state index contributed by atoms with van der Waals surface area (Å²) in [4.78, 5) is 26.8. The fourth-order valence-electron chi connectivity index (χ4n) is 5.34. The molecule has 3 aliphatic rings. The van der Waals surface area contributed by atoms with E-state index in [4.69, 9.17) is 5.73 Å². The molecule has 3 fully saturated rings. The third-order valence-electron chi connectivity index (χ3n) is 7.65. The van der Waals surface area contributed by atoms with Gasteiger partial charge in [-0.05, 0) is 44.1 Å². The van der Waals surface area contributed by atoms with E-state index in [-0.39, 0.29) is 23.2 Å². The Morgan fingerprint density at radius 1 is 1.15 bits per heavy atom. The third-order valence-corrected chi connectivity index (χ3v) is 7.65. The summed E-state index contributed by atoms with van der Waals surface area (Å²) in [5, 5.41) is 16.9. The van der Waals surface area contributed by atoms with Crippen molar-refractivity contribution in [2.24, 2.45) is 11.7 Å². The minimum Gasteiger partial charge on any atom is -0.365 e. The molecule has 1 aromatic carbocycles. The van der Waals surface area contributed by atoms with Gasteiger partial charge in [0.25, 0.3) is 5.91 Å². The molecule has 2 aromatic rings. The molecule has 2 heterocycles. The summed E-state index contributed by atoms with van der Waals surface area (Å²) >= 11 is 0. The van der Waals surface area contributed by atoms with Crippen LogP contribution in [-0.4, -0.2) is 45.6 Å². The minimum absolute atomic E-state index is 0.00405. The van der Waals surface area contributed by atoms with E-state index in [0.29, 0.717) is 18.4 Å². The summed E-state index contributed by atoms with van der Waals surface area (Å²) < 4.78 is 1.73. The van der Waals surface area contributed by atoms with Crippen LogP contribution in [-0.2, 0) is 10.3 Å². The molecule has 0 bridgehead atoms. The van der Waals surface area contributed by atoms with Gasteiger partial charge in [0.05, 0.1) is 18.0 Å². The molecule has 5 rings (SSSR count). The first-order valence-electron chi connectivity index (χ1n) is 11.9. The minimum atomic E-state index is -0.624. The van der Waals surface area contributed by atoms with Crippen molar-refractivity contribution in [3.8, 4) is 6.07 Å². The molecule has 172 valence electrons. The number of nitrogens with two attached hydrogens (primary N) is 1. The standard InChI is InChI=1S/C25H30N6O2/c26-13-12-25(31-16-21(22(27)32)23(29-31)28-24(33)18-6-7-18)10-8-20(9-11-25)30-14-19(15-30)17-4-2-1-3-5-17/h1-5,16,18-20H,6-12,14-15H2,(H2,27,32)(H,28,29,33)/t20-,25-. The molecule has 2 aliphatic carbocycles. The summed E-state index contributed by atoms with van der Waals surface area (Å²) in [5.74, 6) is 0.0639.